The molecule has 6 nitrogen and oxygen atoms in total. The molecule has 2 N–H and O–H groups in total. The average Bonchev–Trinajstić information content (AvgIpc) is 2.64. The van der Waals surface area contributed by atoms with Gasteiger partial charge < -0.3 is 15.0 Å². The molecule has 0 amide bonds. The predicted octanol–water partition coefficient (Wildman–Crippen LogP) is 4.19. The number of aromatic amines is 1. The molecule has 1 atom stereocenters. The molecule has 1 aromatic heterocycles. The molecule has 1 aliphatic rings. The molecule has 1 aliphatic heterocycles. The van der Waals surface area contributed by atoms with Crippen LogP contribution in [0.15, 0.2) is 45.5 Å². The van der Waals surface area contributed by atoms with Gasteiger partial charge in [-0.15, -0.1) is 0 Å². The number of nitrogens with one attached hydrogen (secondary N) is 2. The Morgan fingerprint density at radius 1 is 1.38 bits per heavy atom. The molecule has 29 heavy (non-hydrogen) atoms. The zero-order chi connectivity index (χ0) is 21.1. The van der Waals surface area contributed by atoms with Crippen LogP contribution < -0.4 is 10.9 Å². The molecule has 0 bridgehead atoms. The molecule has 0 unspecified atom stereocenters. The van der Waals surface area contributed by atoms with Gasteiger partial charge >= 0.3 is 5.97 Å². The van der Waals surface area contributed by atoms with E-state index in [9.17, 15) is 14.0 Å². The summed E-state index contributed by atoms with van der Waals surface area (Å²) in [6.07, 6.45) is 0.608. The fraction of sp³-hybridized carbons (Fsp3) is 0.381. The smallest absolute Gasteiger partial charge is 0.337 e. The van der Waals surface area contributed by atoms with E-state index >= 15 is 0 Å². The fourth-order valence-electron chi connectivity index (χ4n) is 3.27. The first kappa shape index (κ1) is 21.1. The number of hydrogen-bond acceptors (Lipinski definition) is 6. The molecular formula is C21H24FN3O3S. The Hall–Kier alpha value is -2.61. The van der Waals surface area contributed by atoms with Gasteiger partial charge in [0, 0.05) is 11.4 Å². The van der Waals surface area contributed by atoms with E-state index in [-0.39, 0.29) is 22.8 Å². The van der Waals surface area contributed by atoms with Crippen molar-refractivity contribution in [2.75, 3.05) is 11.1 Å². The van der Waals surface area contributed by atoms with Gasteiger partial charge in [-0.1, -0.05) is 30.8 Å². The summed E-state index contributed by atoms with van der Waals surface area (Å²) >= 11 is 1.45. The SMILES string of the molecule is CCCSc1nc2c(c(=O)[nH]1)[C@H](c1cccc(F)c1)C(C(=O)OC(C)C)=C(C)N2. The average molecular weight is 418 g/mol. The third-order valence-corrected chi connectivity index (χ3v) is 5.49. The van der Waals surface area contributed by atoms with E-state index in [4.69, 9.17) is 4.74 Å². The number of carbonyl (C=O) groups is 1. The zero-order valence-electron chi connectivity index (χ0n) is 16.8. The maximum Gasteiger partial charge on any atom is 0.337 e. The van der Waals surface area contributed by atoms with Gasteiger partial charge in [-0.25, -0.2) is 14.2 Å². The van der Waals surface area contributed by atoms with E-state index in [0.717, 1.165) is 12.2 Å². The molecule has 0 aliphatic carbocycles. The Morgan fingerprint density at radius 3 is 2.79 bits per heavy atom. The predicted molar refractivity (Wildman–Crippen MR) is 112 cm³/mol. The maximum absolute atomic E-state index is 14.0. The summed E-state index contributed by atoms with van der Waals surface area (Å²) in [6.45, 7) is 7.27. The van der Waals surface area contributed by atoms with E-state index in [1.807, 2.05) is 6.92 Å². The first-order chi connectivity index (χ1) is 13.8. The minimum atomic E-state index is -0.783. The molecule has 154 valence electrons. The number of thioether (sulfide) groups is 1. The van der Waals surface area contributed by atoms with Crippen molar-refractivity contribution in [1.29, 1.82) is 0 Å². The number of carbonyl (C=O) groups excluding carboxylic acids is 1. The maximum atomic E-state index is 14.0. The fourth-order valence-corrected chi connectivity index (χ4v) is 3.98. The summed E-state index contributed by atoms with van der Waals surface area (Å²) in [5, 5.41) is 3.58. The van der Waals surface area contributed by atoms with Crippen LogP contribution in [-0.4, -0.2) is 27.8 Å². The standard InChI is InChI=1S/C21H24FN3O3S/c1-5-9-29-21-24-18-17(19(26)25-21)16(13-7-6-8-14(22)10-13)15(12(4)23-18)20(27)28-11(2)3/h6-8,10-11,16H,5,9H2,1-4H3,(H2,23,24,25,26)/t16-/m1/s1. The number of H-pyrrole nitrogens is 1. The van der Waals surface area contributed by atoms with Crippen LogP contribution in [0, 0.1) is 5.82 Å². The number of fused-ring (bicyclic) bond motifs is 1. The Labute approximate surface area is 173 Å². The highest BCUT2D eigenvalue weighted by atomic mass is 32.2. The van der Waals surface area contributed by atoms with E-state index in [0.29, 0.717) is 22.2 Å². The van der Waals surface area contributed by atoms with Gasteiger partial charge in [0.05, 0.1) is 23.2 Å². The largest absolute Gasteiger partial charge is 0.460 e. The Balaban J connectivity index is 2.19. The first-order valence-corrected chi connectivity index (χ1v) is 10.5. The highest BCUT2D eigenvalue weighted by molar-refractivity contribution is 7.99. The van der Waals surface area contributed by atoms with Crippen LogP contribution in [0.25, 0.3) is 0 Å². The first-order valence-electron chi connectivity index (χ1n) is 9.53. The molecular weight excluding hydrogens is 393 g/mol. The van der Waals surface area contributed by atoms with E-state index in [1.165, 1.54) is 23.9 Å². The van der Waals surface area contributed by atoms with Crippen molar-refractivity contribution in [3.8, 4) is 0 Å². The van der Waals surface area contributed by atoms with Crippen LogP contribution >= 0.6 is 11.8 Å². The summed E-state index contributed by atoms with van der Waals surface area (Å²) in [7, 11) is 0. The van der Waals surface area contributed by atoms with E-state index in [1.54, 1.807) is 32.9 Å². The zero-order valence-corrected chi connectivity index (χ0v) is 17.7. The lowest BCUT2D eigenvalue weighted by Crippen LogP contribution is -2.32. The topological polar surface area (TPSA) is 84.1 Å². The van der Waals surface area contributed by atoms with Crippen molar-refractivity contribution >= 4 is 23.5 Å². The number of aromatic nitrogens is 2. The monoisotopic (exact) mass is 417 g/mol. The number of nitrogens with zero attached hydrogens (tertiary/aromatic N) is 1. The quantitative estimate of drug-likeness (QED) is 0.416. The minimum absolute atomic E-state index is 0.276. The number of esters is 1. The molecule has 2 aromatic rings. The van der Waals surface area contributed by atoms with Crippen LogP contribution in [0.4, 0.5) is 10.2 Å². The van der Waals surface area contributed by atoms with Gasteiger partial charge in [0.2, 0.25) is 0 Å². The molecule has 2 heterocycles. The van der Waals surface area contributed by atoms with Crippen molar-refractivity contribution in [2.24, 2.45) is 0 Å². The van der Waals surface area contributed by atoms with Crippen LogP contribution in [-0.2, 0) is 9.53 Å². The van der Waals surface area contributed by atoms with Crippen LogP contribution in [0.5, 0.6) is 0 Å². The highest BCUT2D eigenvalue weighted by Crippen LogP contribution is 2.40. The third-order valence-electron chi connectivity index (χ3n) is 4.41. The number of hydrogen-bond donors (Lipinski definition) is 2. The second-order valence-corrected chi connectivity index (χ2v) is 8.17. The number of halogens is 1. The second kappa shape index (κ2) is 8.82. The normalized spacial score (nSPS) is 15.9. The summed E-state index contributed by atoms with van der Waals surface area (Å²) in [5.41, 5.74) is 1.21. The van der Waals surface area contributed by atoms with Gasteiger partial charge in [0.25, 0.3) is 5.56 Å². The van der Waals surface area contributed by atoms with Crippen molar-refractivity contribution in [2.45, 2.75) is 51.3 Å². The molecule has 0 saturated heterocycles. The summed E-state index contributed by atoms with van der Waals surface area (Å²) in [4.78, 5) is 33.2. The van der Waals surface area contributed by atoms with Gasteiger partial charge in [0.1, 0.15) is 11.6 Å². The van der Waals surface area contributed by atoms with Gasteiger partial charge in [-0.3, -0.25) is 4.79 Å². The molecule has 8 heteroatoms. The minimum Gasteiger partial charge on any atom is -0.460 e. The lowest BCUT2D eigenvalue weighted by atomic mass is 9.82. The molecule has 3 rings (SSSR count). The number of benzene rings is 1. The Kier molecular flexibility index (Phi) is 6.42. The van der Waals surface area contributed by atoms with Crippen molar-refractivity contribution in [1.82, 2.24) is 9.97 Å². The molecule has 0 spiro atoms. The number of anilines is 1. The number of allylic oxidation sites excluding steroid dienone is 1. The second-order valence-electron chi connectivity index (χ2n) is 7.09. The van der Waals surface area contributed by atoms with Gasteiger partial charge in [-0.2, -0.15) is 0 Å². The lowest BCUT2D eigenvalue weighted by Gasteiger charge is -2.29. The van der Waals surface area contributed by atoms with Crippen molar-refractivity contribution in [3.05, 3.63) is 62.8 Å². The molecule has 1 aromatic carbocycles. The van der Waals surface area contributed by atoms with Crippen LogP contribution in [0.3, 0.4) is 0 Å². The molecule has 0 radical (unpaired) electrons. The van der Waals surface area contributed by atoms with Crippen LogP contribution in [0.2, 0.25) is 0 Å². The van der Waals surface area contributed by atoms with E-state index < -0.39 is 17.7 Å². The third kappa shape index (κ3) is 4.53. The molecule has 0 fully saturated rings. The number of rotatable bonds is 6. The highest BCUT2D eigenvalue weighted by Gasteiger charge is 2.36. The summed E-state index contributed by atoms with van der Waals surface area (Å²) in [6, 6.07) is 5.90. The van der Waals surface area contributed by atoms with E-state index in [2.05, 4.69) is 15.3 Å². The Morgan fingerprint density at radius 2 is 2.14 bits per heavy atom. The van der Waals surface area contributed by atoms with Crippen molar-refractivity contribution in [3.63, 3.8) is 0 Å². The van der Waals surface area contributed by atoms with Crippen LogP contribution in [0.1, 0.15) is 51.2 Å². The molecule has 0 saturated carbocycles. The lowest BCUT2D eigenvalue weighted by molar-refractivity contribution is -0.143. The number of ether oxygens (including phenoxy) is 1. The van der Waals surface area contributed by atoms with Crippen molar-refractivity contribution < 1.29 is 13.9 Å². The summed E-state index contributed by atoms with van der Waals surface area (Å²) in [5.74, 6) is -0.588. The Bertz CT molecular complexity index is 1020. The summed E-state index contributed by atoms with van der Waals surface area (Å²) < 4.78 is 19.4. The van der Waals surface area contributed by atoms with Gasteiger partial charge in [0.15, 0.2) is 5.16 Å². The van der Waals surface area contributed by atoms with Gasteiger partial charge in [-0.05, 0) is 44.9 Å².